The first-order valence-electron chi connectivity index (χ1n) is 5.46. The van der Waals surface area contributed by atoms with Crippen molar-refractivity contribution in [2.75, 3.05) is 6.54 Å². The molecular formula is C11H20N2. The second-order valence-corrected chi connectivity index (χ2v) is 4.13. The Bertz CT molecular complexity index is 163. The van der Waals surface area contributed by atoms with Gasteiger partial charge in [-0.25, -0.2) is 0 Å². The fourth-order valence-corrected chi connectivity index (χ4v) is 1.87. The molecule has 0 aromatic carbocycles. The smallest absolute Gasteiger partial charge is 0.0666 e. The Hall–Kier alpha value is -0.550. The normalized spacial score (nSPS) is 21.8. The van der Waals surface area contributed by atoms with E-state index in [2.05, 4.69) is 11.4 Å². The van der Waals surface area contributed by atoms with Crippen molar-refractivity contribution in [1.82, 2.24) is 5.32 Å². The van der Waals surface area contributed by atoms with Gasteiger partial charge in [0.25, 0.3) is 0 Å². The van der Waals surface area contributed by atoms with Crippen LogP contribution in [0.1, 0.15) is 45.4 Å². The second kappa shape index (κ2) is 5.99. The van der Waals surface area contributed by atoms with Gasteiger partial charge in [-0.2, -0.15) is 5.26 Å². The zero-order chi connectivity index (χ0) is 9.52. The van der Waals surface area contributed by atoms with E-state index in [1.807, 2.05) is 6.92 Å². The molecule has 1 unspecified atom stereocenters. The fourth-order valence-electron chi connectivity index (χ4n) is 1.87. The van der Waals surface area contributed by atoms with Crippen molar-refractivity contribution < 1.29 is 0 Å². The molecule has 0 radical (unpaired) electrons. The molecule has 0 saturated heterocycles. The highest BCUT2D eigenvalue weighted by Gasteiger charge is 2.11. The number of hydrogen-bond donors (Lipinski definition) is 1. The minimum absolute atomic E-state index is 0.156. The van der Waals surface area contributed by atoms with Gasteiger partial charge in [-0.05, 0) is 19.8 Å². The standard InChI is InChI=1S/C11H20N2/c1-10(8-12)9-13-11-6-4-2-3-5-7-11/h10-11,13H,2-7,9H2,1H3. The van der Waals surface area contributed by atoms with Crippen molar-refractivity contribution >= 4 is 0 Å². The van der Waals surface area contributed by atoms with E-state index in [1.165, 1.54) is 38.5 Å². The van der Waals surface area contributed by atoms with E-state index in [1.54, 1.807) is 0 Å². The molecule has 0 aromatic heterocycles. The summed E-state index contributed by atoms with van der Waals surface area (Å²) in [6.45, 7) is 2.84. The van der Waals surface area contributed by atoms with E-state index in [0.29, 0.717) is 6.04 Å². The first-order valence-corrected chi connectivity index (χ1v) is 5.46. The highest BCUT2D eigenvalue weighted by Crippen LogP contribution is 2.17. The molecular weight excluding hydrogens is 160 g/mol. The van der Waals surface area contributed by atoms with Crippen molar-refractivity contribution in [1.29, 1.82) is 5.26 Å². The van der Waals surface area contributed by atoms with Gasteiger partial charge in [0.1, 0.15) is 0 Å². The van der Waals surface area contributed by atoms with Crippen LogP contribution in [0.4, 0.5) is 0 Å². The lowest BCUT2D eigenvalue weighted by Crippen LogP contribution is -2.31. The molecule has 74 valence electrons. The highest BCUT2D eigenvalue weighted by molar-refractivity contribution is 4.82. The zero-order valence-corrected chi connectivity index (χ0v) is 8.55. The van der Waals surface area contributed by atoms with Crippen LogP contribution in [0, 0.1) is 17.2 Å². The van der Waals surface area contributed by atoms with Crippen molar-refractivity contribution in [3.8, 4) is 6.07 Å². The molecule has 1 atom stereocenters. The minimum Gasteiger partial charge on any atom is -0.313 e. The number of hydrogen-bond acceptors (Lipinski definition) is 2. The van der Waals surface area contributed by atoms with E-state index in [0.717, 1.165) is 6.54 Å². The minimum atomic E-state index is 0.156. The Morgan fingerprint density at radius 3 is 2.46 bits per heavy atom. The van der Waals surface area contributed by atoms with Gasteiger partial charge in [0, 0.05) is 12.6 Å². The Labute approximate surface area is 81.3 Å². The van der Waals surface area contributed by atoms with Gasteiger partial charge in [-0.1, -0.05) is 25.7 Å². The van der Waals surface area contributed by atoms with E-state index in [9.17, 15) is 0 Å². The van der Waals surface area contributed by atoms with Crippen molar-refractivity contribution in [3.63, 3.8) is 0 Å². The lowest BCUT2D eigenvalue weighted by atomic mass is 10.1. The number of rotatable bonds is 3. The number of nitrogens with zero attached hydrogens (tertiary/aromatic N) is 1. The van der Waals surface area contributed by atoms with Crippen LogP contribution in [0.2, 0.25) is 0 Å². The van der Waals surface area contributed by atoms with E-state index in [-0.39, 0.29) is 5.92 Å². The SMILES string of the molecule is CC(C#N)CNC1CCCCCC1. The number of nitrogens with one attached hydrogen (secondary N) is 1. The molecule has 0 bridgehead atoms. The summed E-state index contributed by atoms with van der Waals surface area (Å²) in [5, 5.41) is 12.1. The summed E-state index contributed by atoms with van der Waals surface area (Å²) in [6.07, 6.45) is 8.12. The summed E-state index contributed by atoms with van der Waals surface area (Å²) in [4.78, 5) is 0. The summed E-state index contributed by atoms with van der Waals surface area (Å²) < 4.78 is 0. The molecule has 0 heterocycles. The molecule has 0 spiro atoms. The molecule has 2 heteroatoms. The molecule has 1 rings (SSSR count). The maximum absolute atomic E-state index is 8.63. The van der Waals surface area contributed by atoms with Crippen LogP contribution in [0.3, 0.4) is 0 Å². The van der Waals surface area contributed by atoms with Gasteiger partial charge >= 0.3 is 0 Å². The van der Waals surface area contributed by atoms with Crippen LogP contribution in [-0.2, 0) is 0 Å². The maximum atomic E-state index is 8.63. The third kappa shape index (κ3) is 4.28. The van der Waals surface area contributed by atoms with Gasteiger partial charge in [0.2, 0.25) is 0 Å². The van der Waals surface area contributed by atoms with Gasteiger partial charge in [-0.15, -0.1) is 0 Å². The molecule has 13 heavy (non-hydrogen) atoms. The second-order valence-electron chi connectivity index (χ2n) is 4.13. The van der Waals surface area contributed by atoms with Crippen molar-refractivity contribution in [2.45, 2.75) is 51.5 Å². The Balaban J connectivity index is 2.16. The van der Waals surface area contributed by atoms with Gasteiger partial charge < -0.3 is 5.32 Å². The quantitative estimate of drug-likeness (QED) is 0.677. The Morgan fingerprint density at radius 2 is 1.92 bits per heavy atom. The molecule has 1 fully saturated rings. The van der Waals surface area contributed by atoms with Crippen LogP contribution in [0.5, 0.6) is 0 Å². The molecule has 1 aliphatic carbocycles. The molecule has 1 N–H and O–H groups in total. The predicted molar refractivity (Wildman–Crippen MR) is 54.3 cm³/mol. The van der Waals surface area contributed by atoms with E-state index in [4.69, 9.17) is 5.26 Å². The molecule has 0 aromatic rings. The third-order valence-electron chi connectivity index (χ3n) is 2.79. The molecule has 1 aliphatic rings. The topological polar surface area (TPSA) is 35.8 Å². The summed E-state index contributed by atoms with van der Waals surface area (Å²) in [7, 11) is 0. The average molecular weight is 180 g/mol. The lowest BCUT2D eigenvalue weighted by Gasteiger charge is -2.16. The van der Waals surface area contributed by atoms with Crippen molar-refractivity contribution in [3.05, 3.63) is 0 Å². The Kier molecular flexibility index (Phi) is 4.85. The molecule has 1 saturated carbocycles. The first-order chi connectivity index (χ1) is 6.33. The van der Waals surface area contributed by atoms with Crippen LogP contribution >= 0.6 is 0 Å². The Morgan fingerprint density at radius 1 is 1.31 bits per heavy atom. The van der Waals surface area contributed by atoms with Gasteiger partial charge in [-0.3, -0.25) is 0 Å². The van der Waals surface area contributed by atoms with Gasteiger partial charge in [0.15, 0.2) is 0 Å². The van der Waals surface area contributed by atoms with E-state index < -0.39 is 0 Å². The molecule has 2 nitrogen and oxygen atoms in total. The highest BCUT2D eigenvalue weighted by atomic mass is 14.9. The average Bonchev–Trinajstić information content (AvgIpc) is 2.42. The van der Waals surface area contributed by atoms with Gasteiger partial charge in [0.05, 0.1) is 12.0 Å². The lowest BCUT2D eigenvalue weighted by molar-refractivity contribution is 0.441. The van der Waals surface area contributed by atoms with Crippen LogP contribution in [0.25, 0.3) is 0 Å². The van der Waals surface area contributed by atoms with Crippen LogP contribution in [0.15, 0.2) is 0 Å². The number of nitriles is 1. The maximum Gasteiger partial charge on any atom is 0.0666 e. The van der Waals surface area contributed by atoms with E-state index >= 15 is 0 Å². The monoisotopic (exact) mass is 180 g/mol. The summed E-state index contributed by atoms with van der Waals surface area (Å²) in [5.74, 6) is 0.156. The predicted octanol–water partition coefficient (Wildman–Crippen LogP) is 2.46. The molecule has 0 amide bonds. The third-order valence-corrected chi connectivity index (χ3v) is 2.79. The zero-order valence-electron chi connectivity index (χ0n) is 8.55. The molecule has 0 aliphatic heterocycles. The van der Waals surface area contributed by atoms with Crippen LogP contribution in [-0.4, -0.2) is 12.6 Å². The van der Waals surface area contributed by atoms with Crippen molar-refractivity contribution in [2.24, 2.45) is 5.92 Å². The summed E-state index contributed by atoms with van der Waals surface area (Å²) in [5.41, 5.74) is 0. The first kappa shape index (κ1) is 10.5. The fraction of sp³-hybridized carbons (Fsp3) is 0.909. The largest absolute Gasteiger partial charge is 0.313 e. The van der Waals surface area contributed by atoms with Crippen LogP contribution < -0.4 is 5.32 Å². The summed E-state index contributed by atoms with van der Waals surface area (Å²) in [6, 6.07) is 2.94. The summed E-state index contributed by atoms with van der Waals surface area (Å²) >= 11 is 0.